The zero-order valence-electron chi connectivity index (χ0n) is 13.9. The zero-order chi connectivity index (χ0) is 19.8. The number of benzene rings is 2. The van der Waals surface area contributed by atoms with Crippen molar-refractivity contribution < 1.29 is 30.4 Å². The van der Waals surface area contributed by atoms with E-state index in [1.54, 1.807) is 4.90 Å². The summed E-state index contributed by atoms with van der Waals surface area (Å²) >= 11 is 0. The van der Waals surface area contributed by atoms with Gasteiger partial charge in [-0.2, -0.15) is 17.5 Å². The van der Waals surface area contributed by atoms with Crippen molar-refractivity contribution in [3.63, 3.8) is 0 Å². The van der Waals surface area contributed by atoms with Crippen LogP contribution in [0.1, 0.15) is 5.56 Å². The third-order valence-corrected chi connectivity index (χ3v) is 6.13. The SMILES string of the molecule is O=S(=O)(c1cc(F)cc(F)c1)N1CCN(c2cccc(C(F)(F)F)c2)CC1. The fourth-order valence-electron chi connectivity index (χ4n) is 2.89. The molecule has 0 radical (unpaired) electrons. The van der Waals surface area contributed by atoms with Gasteiger partial charge in [0.25, 0.3) is 0 Å². The summed E-state index contributed by atoms with van der Waals surface area (Å²) in [5.74, 6) is -2.01. The van der Waals surface area contributed by atoms with Gasteiger partial charge in [0.2, 0.25) is 10.0 Å². The number of hydrogen-bond donors (Lipinski definition) is 0. The number of halogens is 5. The molecule has 146 valence electrons. The van der Waals surface area contributed by atoms with Crippen LogP contribution in [0.15, 0.2) is 47.4 Å². The smallest absolute Gasteiger partial charge is 0.369 e. The number of piperazine rings is 1. The molecule has 0 saturated carbocycles. The standard InChI is InChI=1S/C17H15F5N2O2S/c18-13-9-14(19)11-16(10-13)27(25,26)24-6-4-23(5-7-24)15-3-1-2-12(8-15)17(20,21)22/h1-3,8-11H,4-7H2. The van der Waals surface area contributed by atoms with Crippen molar-refractivity contribution in [3.05, 3.63) is 59.7 Å². The summed E-state index contributed by atoms with van der Waals surface area (Å²) in [6.45, 7) is 0.268. The fraction of sp³-hybridized carbons (Fsp3) is 0.294. The number of anilines is 1. The molecular formula is C17H15F5N2O2S. The first kappa shape index (κ1) is 19.6. The van der Waals surface area contributed by atoms with Crippen molar-refractivity contribution in [1.82, 2.24) is 4.31 Å². The Labute approximate surface area is 152 Å². The number of rotatable bonds is 3. The summed E-state index contributed by atoms with van der Waals surface area (Å²) in [5.41, 5.74) is -0.455. The van der Waals surface area contributed by atoms with Crippen molar-refractivity contribution in [3.8, 4) is 0 Å². The number of alkyl halides is 3. The van der Waals surface area contributed by atoms with Gasteiger partial charge in [0.1, 0.15) is 11.6 Å². The summed E-state index contributed by atoms with van der Waals surface area (Å²) in [5, 5.41) is 0. The van der Waals surface area contributed by atoms with E-state index in [-0.39, 0.29) is 26.2 Å². The first-order valence-electron chi connectivity index (χ1n) is 7.96. The maximum Gasteiger partial charge on any atom is 0.416 e. The molecule has 1 aliphatic heterocycles. The van der Waals surface area contributed by atoms with Crippen LogP contribution in [0, 0.1) is 11.6 Å². The molecule has 10 heteroatoms. The second-order valence-electron chi connectivity index (χ2n) is 6.04. The van der Waals surface area contributed by atoms with Gasteiger partial charge in [-0.3, -0.25) is 0 Å². The number of nitrogens with zero attached hydrogens (tertiary/aromatic N) is 2. The molecule has 0 N–H and O–H groups in total. The fourth-order valence-corrected chi connectivity index (χ4v) is 4.36. The van der Waals surface area contributed by atoms with Crippen molar-refractivity contribution in [2.75, 3.05) is 31.1 Å². The molecule has 0 spiro atoms. The van der Waals surface area contributed by atoms with Crippen LogP contribution >= 0.6 is 0 Å². The molecule has 1 heterocycles. The molecular weight excluding hydrogens is 391 g/mol. The van der Waals surface area contributed by atoms with Crippen LogP contribution in [0.5, 0.6) is 0 Å². The Morgan fingerprint density at radius 1 is 0.852 bits per heavy atom. The first-order chi connectivity index (χ1) is 12.6. The summed E-state index contributed by atoms with van der Waals surface area (Å²) in [7, 11) is -4.10. The van der Waals surface area contributed by atoms with Crippen molar-refractivity contribution in [2.24, 2.45) is 0 Å². The Bertz CT molecular complexity index is 918. The lowest BCUT2D eigenvalue weighted by molar-refractivity contribution is -0.137. The van der Waals surface area contributed by atoms with Gasteiger partial charge in [-0.1, -0.05) is 6.07 Å². The maximum atomic E-state index is 13.3. The van der Waals surface area contributed by atoms with E-state index in [1.165, 1.54) is 12.1 Å². The monoisotopic (exact) mass is 406 g/mol. The number of hydrogen-bond acceptors (Lipinski definition) is 3. The van der Waals surface area contributed by atoms with Crippen LogP contribution in [0.25, 0.3) is 0 Å². The summed E-state index contributed by atoms with van der Waals surface area (Å²) < 4.78 is 91.3. The van der Waals surface area contributed by atoms with Crippen molar-refractivity contribution in [2.45, 2.75) is 11.1 Å². The third kappa shape index (κ3) is 4.22. The van der Waals surface area contributed by atoms with E-state index in [0.29, 0.717) is 11.8 Å². The molecule has 1 aliphatic rings. The molecule has 1 saturated heterocycles. The van der Waals surface area contributed by atoms with Crippen LogP contribution in [0.2, 0.25) is 0 Å². The average molecular weight is 406 g/mol. The highest BCUT2D eigenvalue weighted by Crippen LogP contribution is 2.32. The molecule has 0 aliphatic carbocycles. The van der Waals surface area contributed by atoms with Gasteiger partial charge in [0.05, 0.1) is 10.5 Å². The normalized spacial score (nSPS) is 16.6. The Hall–Kier alpha value is -2.20. The second kappa shape index (κ2) is 7.08. The highest BCUT2D eigenvalue weighted by Gasteiger charge is 2.32. The van der Waals surface area contributed by atoms with Crippen LogP contribution in [0.4, 0.5) is 27.6 Å². The van der Waals surface area contributed by atoms with Gasteiger partial charge in [0, 0.05) is 37.9 Å². The van der Waals surface area contributed by atoms with Gasteiger partial charge in [0.15, 0.2) is 0 Å². The van der Waals surface area contributed by atoms with Gasteiger partial charge in [-0.25, -0.2) is 17.2 Å². The van der Waals surface area contributed by atoms with E-state index < -0.39 is 38.3 Å². The van der Waals surface area contributed by atoms with Gasteiger partial charge < -0.3 is 4.90 Å². The van der Waals surface area contributed by atoms with Crippen molar-refractivity contribution in [1.29, 1.82) is 0 Å². The van der Waals surface area contributed by atoms with E-state index in [0.717, 1.165) is 28.6 Å². The van der Waals surface area contributed by atoms with E-state index in [4.69, 9.17) is 0 Å². The molecule has 2 aromatic rings. The molecule has 4 nitrogen and oxygen atoms in total. The van der Waals surface area contributed by atoms with Gasteiger partial charge in [-0.15, -0.1) is 0 Å². The Kier molecular flexibility index (Phi) is 5.13. The largest absolute Gasteiger partial charge is 0.416 e. The van der Waals surface area contributed by atoms with Crippen molar-refractivity contribution >= 4 is 15.7 Å². The minimum absolute atomic E-state index is 0.0172. The molecule has 27 heavy (non-hydrogen) atoms. The Morgan fingerprint density at radius 3 is 2.00 bits per heavy atom. The maximum absolute atomic E-state index is 13.3. The van der Waals surface area contributed by atoms with Crippen LogP contribution in [-0.4, -0.2) is 38.9 Å². The second-order valence-corrected chi connectivity index (χ2v) is 7.98. The third-order valence-electron chi connectivity index (χ3n) is 4.25. The van der Waals surface area contributed by atoms with Gasteiger partial charge >= 0.3 is 6.18 Å². The highest BCUT2D eigenvalue weighted by atomic mass is 32.2. The lowest BCUT2D eigenvalue weighted by Gasteiger charge is -2.35. The first-order valence-corrected chi connectivity index (χ1v) is 9.40. The zero-order valence-corrected chi connectivity index (χ0v) is 14.7. The van der Waals surface area contributed by atoms with E-state index in [1.807, 2.05) is 0 Å². The van der Waals surface area contributed by atoms with E-state index in [9.17, 15) is 30.4 Å². The number of sulfonamides is 1. The molecule has 3 rings (SSSR count). The Morgan fingerprint density at radius 2 is 1.44 bits per heavy atom. The van der Waals surface area contributed by atoms with E-state index in [2.05, 4.69) is 0 Å². The molecule has 0 bridgehead atoms. The predicted octanol–water partition coefficient (Wildman–Crippen LogP) is 3.49. The van der Waals surface area contributed by atoms with Crippen LogP contribution in [-0.2, 0) is 16.2 Å². The minimum Gasteiger partial charge on any atom is -0.369 e. The van der Waals surface area contributed by atoms with Crippen LogP contribution in [0.3, 0.4) is 0 Å². The summed E-state index contributed by atoms with van der Waals surface area (Å²) in [4.78, 5) is 1.14. The molecule has 0 aromatic heterocycles. The average Bonchev–Trinajstić information content (AvgIpc) is 2.60. The molecule has 0 amide bonds. The molecule has 0 unspecified atom stereocenters. The Balaban J connectivity index is 1.75. The topological polar surface area (TPSA) is 40.6 Å². The van der Waals surface area contributed by atoms with Gasteiger partial charge in [-0.05, 0) is 30.3 Å². The predicted molar refractivity (Wildman–Crippen MR) is 88.8 cm³/mol. The lowest BCUT2D eigenvalue weighted by atomic mass is 10.1. The quantitative estimate of drug-likeness (QED) is 0.733. The van der Waals surface area contributed by atoms with E-state index >= 15 is 0 Å². The molecule has 1 fully saturated rings. The molecule has 2 aromatic carbocycles. The lowest BCUT2D eigenvalue weighted by Crippen LogP contribution is -2.48. The van der Waals surface area contributed by atoms with Crippen LogP contribution < -0.4 is 4.90 Å². The minimum atomic E-state index is -4.47. The highest BCUT2D eigenvalue weighted by molar-refractivity contribution is 7.89. The summed E-state index contributed by atoms with van der Waals surface area (Å²) in [6.07, 6.45) is -4.47. The molecule has 0 atom stereocenters. The summed E-state index contributed by atoms with van der Waals surface area (Å²) in [6, 6.07) is 6.81.